The van der Waals surface area contributed by atoms with Gasteiger partial charge in [-0.3, -0.25) is 9.59 Å². The highest BCUT2D eigenvalue weighted by Gasteiger charge is 2.27. The van der Waals surface area contributed by atoms with E-state index < -0.39 is 24.3 Å². The third-order valence-electron chi connectivity index (χ3n) is 5.39. The second-order valence-electron chi connectivity index (χ2n) is 8.17. The first-order valence-corrected chi connectivity index (χ1v) is 11.8. The van der Waals surface area contributed by atoms with Gasteiger partial charge in [0, 0.05) is 32.4 Å². The van der Waals surface area contributed by atoms with Gasteiger partial charge in [0.1, 0.15) is 6.23 Å². The number of nitrogens with one attached hydrogen (secondary N) is 1. The van der Waals surface area contributed by atoms with Crippen molar-refractivity contribution in [1.82, 2.24) is 10.2 Å². The summed E-state index contributed by atoms with van der Waals surface area (Å²) in [6.07, 6.45) is 3.60. The average molecular weight is 453 g/mol. The van der Waals surface area contributed by atoms with E-state index in [0.29, 0.717) is 13.0 Å². The molecule has 2 amide bonds. The van der Waals surface area contributed by atoms with Crippen molar-refractivity contribution >= 4 is 11.8 Å². The van der Waals surface area contributed by atoms with Gasteiger partial charge in [0.25, 0.3) is 0 Å². The van der Waals surface area contributed by atoms with Crippen LogP contribution in [0.25, 0.3) is 0 Å². The van der Waals surface area contributed by atoms with E-state index in [9.17, 15) is 19.8 Å². The van der Waals surface area contributed by atoms with Crippen molar-refractivity contribution in [3.8, 4) is 0 Å². The van der Waals surface area contributed by atoms with Crippen LogP contribution >= 0.6 is 0 Å². The molecule has 0 fully saturated rings. The molecule has 1 rings (SSSR count). The first-order chi connectivity index (χ1) is 15.3. The minimum atomic E-state index is -0.987. The van der Waals surface area contributed by atoms with Gasteiger partial charge in [-0.05, 0) is 25.3 Å². The zero-order chi connectivity index (χ0) is 24.5. The lowest BCUT2D eigenvalue weighted by molar-refractivity contribution is -0.144. The molecule has 7 nitrogen and oxygen atoms in total. The van der Waals surface area contributed by atoms with Crippen LogP contribution in [0.5, 0.6) is 0 Å². The molecule has 7 heteroatoms. The number of carbonyl (C=O) groups excluding carboxylic acids is 2. The molecule has 0 aliphatic heterocycles. The number of rotatable bonds is 14. The topological polar surface area (TPSA) is 110 Å². The number of hydrogen-bond acceptors (Lipinski definition) is 5. The fourth-order valence-electron chi connectivity index (χ4n) is 3.46. The van der Waals surface area contributed by atoms with Gasteiger partial charge >= 0.3 is 0 Å². The standard InChI is InChI=1S/C24H40N2O4.CH4O/c1-5-7-8-12-15-21(27)26(16-6-2)22(28)17-18(3)24(30)25-19(4)23(29)20-13-10-9-11-14-20;1-2/h9-11,13-14,18-19,22-23,28-29H,5-8,12,15-17H2,1-4H3,(H,25,30);2H,1H3. The van der Waals surface area contributed by atoms with E-state index in [-0.39, 0.29) is 18.2 Å². The van der Waals surface area contributed by atoms with Crippen LogP contribution in [0.1, 0.15) is 84.3 Å². The fraction of sp³-hybridized carbons (Fsp3) is 0.680. The highest BCUT2D eigenvalue weighted by atomic mass is 16.3. The van der Waals surface area contributed by atoms with Crippen LogP contribution in [0.3, 0.4) is 0 Å². The molecule has 0 aromatic heterocycles. The van der Waals surface area contributed by atoms with Crippen molar-refractivity contribution in [2.75, 3.05) is 13.7 Å². The SMILES string of the molecule is CCCCCCC(=O)N(CCC)C(O)CC(C)C(=O)NC(C)C(O)c1ccccc1.CO. The van der Waals surface area contributed by atoms with Crippen molar-refractivity contribution in [2.45, 2.75) is 91.0 Å². The van der Waals surface area contributed by atoms with Gasteiger partial charge in [0.2, 0.25) is 11.8 Å². The Morgan fingerprint density at radius 2 is 1.59 bits per heavy atom. The number of aliphatic hydroxyl groups excluding tert-OH is 3. The number of unbranched alkanes of at least 4 members (excludes halogenated alkanes) is 3. The Balaban J connectivity index is 0.00000466. The molecule has 4 unspecified atom stereocenters. The van der Waals surface area contributed by atoms with Gasteiger partial charge in [-0.1, -0.05) is 70.4 Å². The molecule has 1 aromatic rings. The molecule has 32 heavy (non-hydrogen) atoms. The number of amides is 2. The van der Waals surface area contributed by atoms with Crippen molar-refractivity contribution < 1.29 is 24.9 Å². The number of hydrogen-bond donors (Lipinski definition) is 4. The molecule has 0 saturated heterocycles. The lowest BCUT2D eigenvalue weighted by Crippen LogP contribution is -2.45. The van der Waals surface area contributed by atoms with Gasteiger partial charge in [-0.2, -0.15) is 0 Å². The van der Waals surface area contributed by atoms with E-state index in [0.717, 1.165) is 44.8 Å². The third-order valence-corrected chi connectivity index (χ3v) is 5.39. The number of benzene rings is 1. The molecule has 0 saturated carbocycles. The van der Waals surface area contributed by atoms with E-state index in [4.69, 9.17) is 5.11 Å². The summed E-state index contributed by atoms with van der Waals surface area (Å²) in [6, 6.07) is 8.72. The number of nitrogens with zero attached hydrogens (tertiary/aromatic N) is 1. The largest absolute Gasteiger partial charge is 0.400 e. The highest BCUT2D eigenvalue weighted by Crippen LogP contribution is 2.18. The van der Waals surface area contributed by atoms with Crippen molar-refractivity contribution in [2.24, 2.45) is 5.92 Å². The van der Waals surface area contributed by atoms with E-state index >= 15 is 0 Å². The molecule has 184 valence electrons. The minimum absolute atomic E-state index is 0.0547. The van der Waals surface area contributed by atoms with Crippen molar-refractivity contribution in [3.05, 3.63) is 35.9 Å². The Bertz CT molecular complexity index is 626. The molecule has 0 bridgehead atoms. The highest BCUT2D eigenvalue weighted by molar-refractivity contribution is 5.79. The lowest BCUT2D eigenvalue weighted by atomic mass is 10.0. The van der Waals surface area contributed by atoms with E-state index in [1.807, 2.05) is 37.3 Å². The zero-order valence-corrected chi connectivity index (χ0v) is 20.5. The van der Waals surface area contributed by atoms with Crippen LogP contribution in [-0.2, 0) is 9.59 Å². The Morgan fingerprint density at radius 1 is 0.969 bits per heavy atom. The second-order valence-corrected chi connectivity index (χ2v) is 8.17. The van der Waals surface area contributed by atoms with Gasteiger partial charge in [-0.15, -0.1) is 0 Å². The zero-order valence-electron chi connectivity index (χ0n) is 20.5. The molecule has 0 aliphatic rings. The van der Waals surface area contributed by atoms with Crippen LogP contribution in [0.2, 0.25) is 0 Å². The van der Waals surface area contributed by atoms with Gasteiger partial charge in [0.05, 0.1) is 12.1 Å². The summed E-state index contributed by atoms with van der Waals surface area (Å²) in [5, 5.41) is 30.9. The molecule has 0 aliphatic carbocycles. The third kappa shape index (κ3) is 11.1. The predicted octanol–water partition coefficient (Wildman–Crippen LogP) is 3.39. The Hall–Kier alpha value is -1.96. The van der Waals surface area contributed by atoms with Crippen LogP contribution < -0.4 is 5.32 Å². The lowest BCUT2D eigenvalue weighted by Gasteiger charge is -2.30. The monoisotopic (exact) mass is 452 g/mol. The van der Waals surface area contributed by atoms with Crippen LogP contribution in [-0.4, -0.2) is 58.0 Å². The van der Waals surface area contributed by atoms with Gasteiger partial charge in [0.15, 0.2) is 0 Å². The van der Waals surface area contributed by atoms with Crippen LogP contribution in [0.15, 0.2) is 30.3 Å². The maximum Gasteiger partial charge on any atom is 0.224 e. The summed E-state index contributed by atoms with van der Waals surface area (Å²) >= 11 is 0. The number of carbonyl (C=O) groups is 2. The van der Waals surface area contributed by atoms with E-state index in [2.05, 4.69) is 12.2 Å². The second kappa shape index (κ2) is 17.6. The predicted molar refractivity (Wildman–Crippen MR) is 128 cm³/mol. The average Bonchev–Trinajstić information content (AvgIpc) is 2.81. The van der Waals surface area contributed by atoms with Gasteiger partial charge < -0.3 is 25.5 Å². The van der Waals surface area contributed by atoms with E-state index in [1.165, 1.54) is 4.90 Å². The summed E-state index contributed by atoms with van der Waals surface area (Å²) in [5.74, 6) is -0.790. The first kappa shape index (κ1) is 30.0. The van der Waals surface area contributed by atoms with E-state index in [1.54, 1.807) is 13.8 Å². The first-order valence-electron chi connectivity index (χ1n) is 11.8. The molecular weight excluding hydrogens is 408 g/mol. The van der Waals surface area contributed by atoms with Gasteiger partial charge in [-0.25, -0.2) is 0 Å². The van der Waals surface area contributed by atoms with Crippen molar-refractivity contribution in [1.29, 1.82) is 0 Å². The molecule has 4 N–H and O–H groups in total. The summed E-state index contributed by atoms with van der Waals surface area (Å²) in [5.41, 5.74) is 0.737. The quantitative estimate of drug-likeness (QED) is 0.255. The summed E-state index contributed by atoms with van der Waals surface area (Å²) < 4.78 is 0. The molecular formula is C25H44N2O5. The summed E-state index contributed by atoms with van der Waals surface area (Å²) in [7, 11) is 1.00. The Morgan fingerprint density at radius 3 is 2.16 bits per heavy atom. The molecule has 0 heterocycles. The Kier molecular flexibility index (Phi) is 16.5. The smallest absolute Gasteiger partial charge is 0.224 e. The number of aliphatic hydroxyl groups is 3. The normalized spacial score (nSPS) is 14.4. The van der Waals surface area contributed by atoms with Crippen molar-refractivity contribution in [3.63, 3.8) is 0 Å². The molecule has 0 radical (unpaired) electrons. The molecule has 1 aromatic carbocycles. The maximum atomic E-state index is 12.6. The minimum Gasteiger partial charge on any atom is -0.400 e. The molecule has 4 atom stereocenters. The summed E-state index contributed by atoms with van der Waals surface area (Å²) in [4.78, 5) is 26.6. The van der Waals surface area contributed by atoms with Crippen LogP contribution in [0.4, 0.5) is 0 Å². The molecule has 0 spiro atoms. The summed E-state index contributed by atoms with van der Waals surface area (Å²) in [6.45, 7) is 8.05. The fourth-order valence-corrected chi connectivity index (χ4v) is 3.46. The van der Waals surface area contributed by atoms with Crippen LogP contribution in [0, 0.1) is 5.92 Å². The maximum absolute atomic E-state index is 12.6. The Labute approximate surface area is 193 Å².